The molecule has 0 saturated carbocycles. The molecular weight excluding hydrogens is 315 g/mol. The number of hydrogen-bond acceptors (Lipinski definition) is 4. The maximum Gasteiger partial charge on any atom is 0.266 e. The van der Waals surface area contributed by atoms with E-state index in [-0.39, 0.29) is 5.91 Å². The predicted molar refractivity (Wildman–Crippen MR) is 81.0 cm³/mol. The van der Waals surface area contributed by atoms with E-state index in [4.69, 9.17) is 32.5 Å². The highest BCUT2D eigenvalue weighted by Gasteiger charge is 2.21. The Morgan fingerprint density at radius 2 is 2.19 bits per heavy atom. The van der Waals surface area contributed by atoms with Crippen LogP contribution in [0, 0.1) is 6.92 Å². The lowest BCUT2D eigenvalue weighted by Crippen LogP contribution is -2.32. The Morgan fingerprint density at radius 3 is 2.81 bits per heavy atom. The summed E-state index contributed by atoms with van der Waals surface area (Å²) in [7, 11) is 0. The van der Waals surface area contributed by atoms with Crippen LogP contribution in [-0.2, 0) is 4.79 Å². The number of aryl methyl sites for hydroxylation is 1. The molecule has 1 unspecified atom stereocenters. The molecule has 0 saturated heterocycles. The summed E-state index contributed by atoms with van der Waals surface area (Å²) >= 11 is 11.9. The van der Waals surface area contributed by atoms with Gasteiger partial charge in [-0.3, -0.25) is 4.79 Å². The maximum atomic E-state index is 12.2. The Hall–Kier alpha value is -1.72. The van der Waals surface area contributed by atoms with Gasteiger partial charge in [0, 0.05) is 17.2 Å². The summed E-state index contributed by atoms with van der Waals surface area (Å²) < 4.78 is 10.5. The number of benzene rings is 1. The molecule has 112 valence electrons. The number of amides is 1. The van der Waals surface area contributed by atoms with Gasteiger partial charge in [0.05, 0.1) is 5.02 Å². The van der Waals surface area contributed by atoms with Crippen molar-refractivity contribution in [2.75, 3.05) is 5.32 Å². The van der Waals surface area contributed by atoms with Crippen molar-refractivity contribution in [3.8, 4) is 5.75 Å². The van der Waals surface area contributed by atoms with Gasteiger partial charge < -0.3 is 14.6 Å². The van der Waals surface area contributed by atoms with Crippen LogP contribution in [0.4, 0.5) is 5.82 Å². The van der Waals surface area contributed by atoms with Gasteiger partial charge in [-0.25, -0.2) is 0 Å². The molecule has 1 heterocycles. The van der Waals surface area contributed by atoms with Crippen molar-refractivity contribution in [2.45, 2.75) is 26.4 Å². The third kappa shape index (κ3) is 4.12. The molecule has 2 aromatic rings. The molecule has 1 atom stereocenters. The lowest BCUT2D eigenvalue weighted by Gasteiger charge is -2.17. The molecule has 1 amide bonds. The minimum absolute atomic E-state index is 0.332. The topological polar surface area (TPSA) is 64.4 Å². The number of hydrogen-bond donors (Lipinski definition) is 1. The lowest BCUT2D eigenvalue weighted by atomic mass is 10.2. The minimum Gasteiger partial charge on any atom is -0.479 e. The number of nitrogens with one attached hydrogen (secondary N) is 1. The van der Waals surface area contributed by atoms with Gasteiger partial charge in [0.1, 0.15) is 11.5 Å². The lowest BCUT2D eigenvalue weighted by molar-refractivity contribution is -0.122. The second-order valence-corrected chi connectivity index (χ2v) is 5.25. The first-order chi connectivity index (χ1) is 9.99. The predicted octanol–water partition coefficient (Wildman–Crippen LogP) is 4.09. The Kier molecular flexibility index (Phi) is 5.09. The molecule has 0 aliphatic rings. The van der Waals surface area contributed by atoms with Crippen molar-refractivity contribution in [2.24, 2.45) is 0 Å². The Morgan fingerprint density at radius 1 is 1.43 bits per heavy atom. The van der Waals surface area contributed by atoms with E-state index in [1.54, 1.807) is 31.2 Å². The van der Waals surface area contributed by atoms with E-state index in [1.165, 1.54) is 0 Å². The second-order valence-electron chi connectivity index (χ2n) is 4.40. The van der Waals surface area contributed by atoms with Crippen LogP contribution in [0.1, 0.15) is 19.1 Å². The van der Waals surface area contributed by atoms with E-state index >= 15 is 0 Å². The number of carbonyl (C=O) groups excluding carboxylic acids is 1. The van der Waals surface area contributed by atoms with Crippen molar-refractivity contribution >= 4 is 34.9 Å². The molecule has 0 bridgehead atoms. The van der Waals surface area contributed by atoms with Crippen LogP contribution < -0.4 is 10.1 Å². The van der Waals surface area contributed by atoms with Crippen molar-refractivity contribution in [1.29, 1.82) is 0 Å². The van der Waals surface area contributed by atoms with Gasteiger partial charge in [-0.1, -0.05) is 35.3 Å². The molecule has 2 rings (SSSR count). The highest BCUT2D eigenvalue weighted by atomic mass is 35.5. The largest absolute Gasteiger partial charge is 0.479 e. The number of anilines is 1. The van der Waals surface area contributed by atoms with Gasteiger partial charge in [-0.15, -0.1) is 0 Å². The zero-order valence-corrected chi connectivity index (χ0v) is 13.0. The number of halogens is 2. The summed E-state index contributed by atoms with van der Waals surface area (Å²) in [5, 5.41) is 7.20. The fraction of sp³-hybridized carbons (Fsp3) is 0.286. The highest BCUT2D eigenvalue weighted by Crippen LogP contribution is 2.29. The number of nitrogens with zero attached hydrogens (tertiary/aromatic N) is 1. The van der Waals surface area contributed by atoms with Gasteiger partial charge in [0.2, 0.25) is 0 Å². The van der Waals surface area contributed by atoms with E-state index in [1.807, 2.05) is 6.92 Å². The van der Waals surface area contributed by atoms with Gasteiger partial charge >= 0.3 is 0 Å². The minimum atomic E-state index is -0.710. The van der Waals surface area contributed by atoms with Gasteiger partial charge in [-0.05, 0) is 25.5 Å². The first-order valence-electron chi connectivity index (χ1n) is 6.35. The third-order valence-electron chi connectivity index (χ3n) is 2.70. The Balaban J connectivity index is 2.08. The molecule has 21 heavy (non-hydrogen) atoms. The van der Waals surface area contributed by atoms with Gasteiger partial charge in [0.15, 0.2) is 11.9 Å². The molecule has 1 aromatic heterocycles. The summed E-state index contributed by atoms with van der Waals surface area (Å²) in [6.45, 7) is 3.57. The maximum absolute atomic E-state index is 12.2. The van der Waals surface area contributed by atoms with E-state index in [2.05, 4.69) is 10.5 Å². The van der Waals surface area contributed by atoms with E-state index in [0.29, 0.717) is 33.8 Å². The fourth-order valence-electron chi connectivity index (χ4n) is 1.68. The molecule has 1 aromatic carbocycles. The van der Waals surface area contributed by atoms with Gasteiger partial charge in [0.25, 0.3) is 5.91 Å². The van der Waals surface area contributed by atoms with Gasteiger partial charge in [-0.2, -0.15) is 0 Å². The molecule has 0 aliphatic carbocycles. The van der Waals surface area contributed by atoms with Crippen molar-refractivity contribution in [1.82, 2.24) is 5.16 Å². The zero-order chi connectivity index (χ0) is 15.4. The molecule has 1 N–H and O–H groups in total. The summed E-state index contributed by atoms with van der Waals surface area (Å²) in [6, 6.07) is 6.46. The van der Waals surface area contributed by atoms with Crippen LogP contribution in [0.2, 0.25) is 10.0 Å². The standard InChI is InChI=1S/C14H14Cl2N2O3/c1-3-11(14(19)17-13-6-8(2)21-18-13)20-12-7-9(15)4-5-10(12)16/h4-7,11H,3H2,1-2H3,(H,17,18,19). The Bertz CT molecular complexity index is 643. The average molecular weight is 329 g/mol. The first kappa shape index (κ1) is 15.7. The van der Waals surface area contributed by atoms with Crippen LogP contribution in [0.3, 0.4) is 0 Å². The highest BCUT2D eigenvalue weighted by molar-refractivity contribution is 6.34. The monoisotopic (exact) mass is 328 g/mol. The number of ether oxygens (including phenoxy) is 1. The molecular formula is C14H14Cl2N2O3. The number of carbonyl (C=O) groups is 1. The van der Waals surface area contributed by atoms with E-state index in [0.717, 1.165) is 0 Å². The van der Waals surface area contributed by atoms with Crippen molar-refractivity contribution < 1.29 is 14.1 Å². The van der Waals surface area contributed by atoms with Crippen molar-refractivity contribution in [3.05, 3.63) is 40.1 Å². The molecule has 0 aliphatic heterocycles. The normalized spacial score (nSPS) is 12.0. The van der Waals surface area contributed by atoms with Crippen LogP contribution in [0.25, 0.3) is 0 Å². The summed E-state index contributed by atoms with van der Waals surface area (Å²) in [5.74, 6) is 0.984. The first-order valence-corrected chi connectivity index (χ1v) is 7.11. The van der Waals surface area contributed by atoms with Crippen LogP contribution in [0.5, 0.6) is 5.75 Å². The molecule has 7 heteroatoms. The van der Waals surface area contributed by atoms with Crippen molar-refractivity contribution in [3.63, 3.8) is 0 Å². The fourth-order valence-corrected chi connectivity index (χ4v) is 2.00. The molecule has 0 spiro atoms. The molecule has 0 fully saturated rings. The molecule has 5 nitrogen and oxygen atoms in total. The van der Waals surface area contributed by atoms with E-state index < -0.39 is 6.10 Å². The van der Waals surface area contributed by atoms with Crippen LogP contribution in [0.15, 0.2) is 28.8 Å². The SMILES string of the molecule is CCC(Oc1cc(Cl)ccc1Cl)C(=O)Nc1cc(C)on1. The average Bonchev–Trinajstić information content (AvgIpc) is 2.84. The molecule has 0 radical (unpaired) electrons. The summed E-state index contributed by atoms with van der Waals surface area (Å²) in [6.07, 6.45) is -0.246. The summed E-state index contributed by atoms with van der Waals surface area (Å²) in [5.41, 5.74) is 0. The number of rotatable bonds is 5. The number of aromatic nitrogens is 1. The smallest absolute Gasteiger partial charge is 0.266 e. The summed E-state index contributed by atoms with van der Waals surface area (Å²) in [4.78, 5) is 12.2. The Labute approximate surface area is 132 Å². The van der Waals surface area contributed by atoms with Crippen LogP contribution in [-0.4, -0.2) is 17.2 Å². The quantitative estimate of drug-likeness (QED) is 0.897. The zero-order valence-electron chi connectivity index (χ0n) is 11.5. The second kappa shape index (κ2) is 6.83. The third-order valence-corrected chi connectivity index (χ3v) is 3.25. The van der Waals surface area contributed by atoms with Crippen LogP contribution >= 0.6 is 23.2 Å². The van der Waals surface area contributed by atoms with E-state index in [9.17, 15) is 4.79 Å².